The standard InChI is InChI=1S/C11H20N4/c1-7-9(12)13-6-14-10(7)15-8(2)11(3,4)5/h6,8H,1-5H3,(H3,12,13,14,15). The first kappa shape index (κ1) is 11.8. The molecule has 0 saturated carbocycles. The summed E-state index contributed by atoms with van der Waals surface area (Å²) in [6.07, 6.45) is 1.49. The fraction of sp³-hybridized carbons (Fsp3) is 0.636. The predicted octanol–water partition coefficient (Wildman–Crippen LogP) is 2.21. The number of nitrogens with two attached hydrogens (primary N) is 1. The Balaban J connectivity index is 2.86. The highest BCUT2D eigenvalue weighted by Gasteiger charge is 2.20. The molecule has 0 fully saturated rings. The number of aromatic nitrogens is 2. The number of rotatable bonds is 2. The fourth-order valence-electron chi connectivity index (χ4n) is 1.03. The van der Waals surface area contributed by atoms with Crippen LogP contribution in [0, 0.1) is 12.3 Å². The molecule has 0 bridgehead atoms. The third kappa shape index (κ3) is 2.81. The van der Waals surface area contributed by atoms with Crippen molar-refractivity contribution in [2.24, 2.45) is 5.41 Å². The van der Waals surface area contributed by atoms with E-state index in [4.69, 9.17) is 5.73 Å². The van der Waals surface area contributed by atoms with Crippen molar-refractivity contribution in [3.8, 4) is 0 Å². The lowest BCUT2D eigenvalue weighted by Gasteiger charge is -2.29. The van der Waals surface area contributed by atoms with Crippen molar-refractivity contribution in [3.63, 3.8) is 0 Å². The minimum atomic E-state index is 0.187. The Labute approximate surface area is 91.3 Å². The summed E-state index contributed by atoms with van der Waals surface area (Å²) in [5.74, 6) is 1.36. The van der Waals surface area contributed by atoms with Crippen LogP contribution in [0.15, 0.2) is 6.33 Å². The van der Waals surface area contributed by atoms with Gasteiger partial charge in [-0.2, -0.15) is 0 Å². The monoisotopic (exact) mass is 208 g/mol. The highest BCUT2D eigenvalue weighted by molar-refractivity contribution is 5.54. The number of nitrogens with zero attached hydrogens (tertiary/aromatic N) is 2. The van der Waals surface area contributed by atoms with E-state index in [1.54, 1.807) is 0 Å². The van der Waals surface area contributed by atoms with E-state index in [0.717, 1.165) is 11.4 Å². The average Bonchev–Trinajstić information content (AvgIpc) is 2.11. The van der Waals surface area contributed by atoms with Crippen molar-refractivity contribution < 1.29 is 0 Å². The largest absolute Gasteiger partial charge is 0.383 e. The van der Waals surface area contributed by atoms with Gasteiger partial charge in [0.25, 0.3) is 0 Å². The van der Waals surface area contributed by atoms with Crippen LogP contribution in [-0.2, 0) is 0 Å². The molecule has 1 rings (SSSR count). The third-order valence-corrected chi connectivity index (χ3v) is 2.78. The summed E-state index contributed by atoms with van der Waals surface area (Å²) in [6, 6.07) is 0.325. The quantitative estimate of drug-likeness (QED) is 0.782. The van der Waals surface area contributed by atoms with Gasteiger partial charge in [-0.15, -0.1) is 0 Å². The van der Waals surface area contributed by atoms with Crippen LogP contribution in [0.2, 0.25) is 0 Å². The van der Waals surface area contributed by atoms with Gasteiger partial charge in [0.1, 0.15) is 18.0 Å². The molecule has 3 N–H and O–H groups in total. The van der Waals surface area contributed by atoms with Crippen LogP contribution in [0.3, 0.4) is 0 Å². The first-order valence-electron chi connectivity index (χ1n) is 5.16. The van der Waals surface area contributed by atoms with Crippen LogP contribution >= 0.6 is 0 Å². The first-order chi connectivity index (χ1) is 6.82. The van der Waals surface area contributed by atoms with Crippen molar-refractivity contribution in [1.82, 2.24) is 9.97 Å². The van der Waals surface area contributed by atoms with Crippen LogP contribution in [0.25, 0.3) is 0 Å². The summed E-state index contributed by atoms with van der Waals surface area (Å²) in [5, 5.41) is 3.36. The molecule has 4 nitrogen and oxygen atoms in total. The maximum atomic E-state index is 5.71. The highest BCUT2D eigenvalue weighted by Crippen LogP contribution is 2.24. The van der Waals surface area contributed by atoms with Crippen LogP contribution in [0.5, 0.6) is 0 Å². The molecule has 0 aromatic carbocycles. The van der Waals surface area contributed by atoms with E-state index < -0.39 is 0 Å². The second kappa shape index (κ2) is 4.04. The smallest absolute Gasteiger partial charge is 0.134 e. The molecule has 0 amide bonds. The molecule has 1 atom stereocenters. The summed E-state index contributed by atoms with van der Waals surface area (Å²) in [5.41, 5.74) is 6.81. The summed E-state index contributed by atoms with van der Waals surface area (Å²) < 4.78 is 0. The SMILES string of the molecule is Cc1c(N)ncnc1NC(C)C(C)(C)C. The average molecular weight is 208 g/mol. The molecular formula is C11H20N4. The zero-order valence-electron chi connectivity index (χ0n) is 10.1. The Bertz CT molecular complexity index is 341. The summed E-state index contributed by atoms with van der Waals surface area (Å²) in [6.45, 7) is 10.6. The second-order valence-electron chi connectivity index (χ2n) is 4.96. The molecule has 0 saturated heterocycles. The van der Waals surface area contributed by atoms with E-state index >= 15 is 0 Å². The first-order valence-corrected chi connectivity index (χ1v) is 5.16. The van der Waals surface area contributed by atoms with Crippen molar-refractivity contribution in [1.29, 1.82) is 0 Å². The van der Waals surface area contributed by atoms with Gasteiger partial charge in [-0.3, -0.25) is 0 Å². The Hall–Kier alpha value is -1.32. The van der Waals surface area contributed by atoms with Crippen LogP contribution in [0.4, 0.5) is 11.6 Å². The number of anilines is 2. The van der Waals surface area contributed by atoms with Crippen LogP contribution in [0.1, 0.15) is 33.3 Å². The minimum Gasteiger partial charge on any atom is -0.383 e. The van der Waals surface area contributed by atoms with Crippen LogP contribution in [-0.4, -0.2) is 16.0 Å². The Morgan fingerprint density at radius 2 is 1.93 bits per heavy atom. The van der Waals surface area contributed by atoms with Crippen molar-refractivity contribution in [2.75, 3.05) is 11.1 Å². The maximum Gasteiger partial charge on any atom is 0.134 e. The number of hydrogen-bond acceptors (Lipinski definition) is 4. The molecule has 4 heteroatoms. The van der Waals surface area contributed by atoms with Gasteiger partial charge in [0, 0.05) is 11.6 Å². The van der Waals surface area contributed by atoms with Crippen molar-refractivity contribution >= 4 is 11.6 Å². The molecule has 0 spiro atoms. The van der Waals surface area contributed by atoms with E-state index in [0.29, 0.717) is 11.9 Å². The maximum absolute atomic E-state index is 5.71. The lowest BCUT2D eigenvalue weighted by molar-refractivity contribution is 0.358. The van der Waals surface area contributed by atoms with E-state index in [-0.39, 0.29) is 5.41 Å². The lowest BCUT2D eigenvalue weighted by Crippen LogP contribution is -2.31. The summed E-state index contributed by atoms with van der Waals surface area (Å²) in [7, 11) is 0. The van der Waals surface area contributed by atoms with Crippen molar-refractivity contribution in [2.45, 2.75) is 40.7 Å². The van der Waals surface area contributed by atoms with E-state index in [2.05, 4.69) is 43.0 Å². The zero-order chi connectivity index (χ0) is 11.6. The molecule has 1 aromatic rings. The molecule has 15 heavy (non-hydrogen) atoms. The number of hydrogen-bond donors (Lipinski definition) is 2. The molecule has 0 aliphatic heterocycles. The van der Waals surface area contributed by atoms with E-state index in [9.17, 15) is 0 Å². The lowest BCUT2D eigenvalue weighted by atomic mass is 9.88. The molecule has 1 unspecified atom stereocenters. The van der Waals surface area contributed by atoms with Gasteiger partial charge in [0.2, 0.25) is 0 Å². The summed E-state index contributed by atoms with van der Waals surface area (Å²) in [4.78, 5) is 8.13. The van der Waals surface area contributed by atoms with Gasteiger partial charge in [0.15, 0.2) is 0 Å². The zero-order valence-corrected chi connectivity index (χ0v) is 10.1. The van der Waals surface area contributed by atoms with Gasteiger partial charge < -0.3 is 11.1 Å². The normalized spacial score (nSPS) is 13.7. The Morgan fingerprint density at radius 3 is 2.47 bits per heavy atom. The van der Waals surface area contributed by atoms with Gasteiger partial charge in [-0.05, 0) is 19.3 Å². The topological polar surface area (TPSA) is 63.8 Å². The Kier molecular flexibility index (Phi) is 3.17. The van der Waals surface area contributed by atoms with Crippen LogP contribution < -0.4 is 11.1 Å². The molecule has 84 valence electrons. The molecule has 1 heterocycles. The van der Waals surface area contributed by atoms with Crippen molar-refractivity contribution in [3.05, 3.63) is 11.9 Å². The molecule has 1 aromatic heterocycles. The molecule has 0 radical (unpaired) electrons. The third-order valence-electron chi connectivity index (χ3n) is 2.78. The van der Waals surface area contributed by atoms with E-state index in [1.165, 1.54) is 6.33 Å². The molecule has 0 aliphatic carbocycles. The number of nitrogen functional groups attached to an aromatic ring is 1. The van der Waals surface area contributed by atoms with Gasteiger partial charge in [-0.1, -0.05) is 20.8 Å². The molecule has 0 aliphatic rings. The molecular weight excluding hydrogens is 188 g/mol. The van der Waals surface area contributed by atoms with E-state index in [1.807, 2.05) is 6.92 Å². The fourth-order valence-corrected chi connectivity index (χ4v) is 1.03. The van der Waals surface area contributed by atoms with Gasteiger partial charge >= 0.3 is 0 Å². The van der Waals surface area contributed by atoms with Gasteiger partial charge in [-0.25, -0.2) is 9.97 Å². The second-order valence-corrected chi connectivity index (χ2v) is 4.96. The summed E-state index contributed by atoms with van der Waals surface area (Å²) >= 11 is 0. The minimum absolute atomic E-state index is 0.187. The van der Waals surface area contributed by atoms with Gasteiger partial charge in [0.05, 0.1) is 0 Å². The number of nitrogens with one attached hydrogen (secondary N) is 1. The Morgan fingerprint density at radius 1 is 1.33 bits per heavy atom. The predicted molar refractivity (Wildman–Crippen MR) is 63.7 cm³/mol. The highest BCUT2D eigenvalue weighted by atomic mass is 15.1.